The van der Waals surface area contributed by atoms with E-state index in [1.165, 1.54) is 43.2 Å². The van der Waals surface area contributed by atoms with Gasteiger partial charge in [0, 0.05) is 29.3 Å². The highest BCUT2D eigenvalue weighted by Crippen LogP contribution is 2.48. The number of nitrogens with zero attached hydrogens (tertiary/aromatic N) is 2. The number of carbonyl (C=O) groups excluding carboxylic acids is 1. The molecule has 1 aromatic heterocycles. The second-order valence-electron chi connectivity index (χ2n) is 8.63. The Bertz CT molecular complexity index is 1060. The lowest BCUT2D eigenvalue weighted by Crippen LogP contribution is -2.20. The van der Waals surface area contributed by atoms with Gasteiger partial charge in [-0.25, -0.2) is 5.43 Å². The van der Waals surface area contributed by atoms with Gasteiger partial charge >= 0.3 is 0 Å². The minimum Gasteiger partial charge on any atom is -0.273 e. The van der Waals surface area contributed by atoms with Crippen molar-refractivity contribution in [2.24, 2.45) is 11.0 Å². The molecule has 1 N–H and O–H groups in total. The van der Waals surface area contributed by atoms with Gasteiger partial charge in [0.1, 0.15) is 0 Å². The molecule has 0 bridgehead atoms. The number of amides is 1. The van der Waals surface area contributed by atoms with Crippen LogP contribution in [0.5, 0.6) is 0 Å². The number of carbonyl (C=O) groups is 1. The first-order valence-corrected chi connectivity index (χ1v) is 11.0. The quantitative estimate of drug-likeness (QED) is 0.454. The van der Waals surface area contributed by atoms with Gasteiger partial charge in [-0.05, 0) is 53.7 Å². The second-order valence-corrected chi connectivity index (χ2v) is 8.63. The number of hydrogen-bond donors (Lipinski definition) is 1. The van der Waals surface area contributed by atoms with Crippen LogP contribution in [0, 0.1) is 5.92 Å². The summed E-state index contributed by atoms with van der Waals surface area (Å²) >= 11 is 0. The maximum atomic E-state index is 12.5. The average Bonchev–Trinajstić information content (AvgIpc) is 3.61. The zero-order chi connectivity index (χ0) is 20.3. The summed E-state index contributed by atoms with van der Waals surface area (Å²) in [6, 6.07) is 17.0. The topological polar surface area (TPSA) is 54.4 Å². The number of fused-ring (bicyclic) bond motifs is 1. The highest BCUT2D eigenvalue weighted by molar-refractivity contribution is 5.99. The van der Waals surface area contributed by atoms with E-state index in [0.717, 1.165) is 28.7 Å². The molecule has 4 heteroatoms. The van der Waals surface area contributed by atoms with E-state index in [-0.39, 0.29) is 11.8 Å². The summed E-state index contributed by atoms with van der Waals surface area (Å²) in [5.41, 5.74) is 6.45. The molecule has 2 saturated carbocycles. The molecule has 3 aromatic rings. The van der Waals surface area contributed by atoms with Crippen molar-refractivity contribution in [1.29, 1.82) is 0 Å². The van der Waals surface area contributed by atoms with E-state index in [0.29, 0.717) is 5.92 Å². The molecular formula is C26H27N3O. The summed E-state index contributed by atoms with van der Waals surface area (Å²) < 4.78 is 0. The molecule has 4 nitrogen and oxygen atoms in total. The standard InChI is InChI=1S/C26H27N3O/c30-26(29-28-17-22-8-4-7-21-16-27-14-13-23(21)22)25-15-24(25)20-11-9-19(10-12-20)18-5-2-1-3-6-18/h4,7-14,16-18,24-25H,1-3,5-6,15H2,(H,29,30)/b28-17-. The highest BCUT2D eigenvalue weighted by Gasteiger charge is 2.43. The smallest absolute Gasteiger partial charge is 0.243 e. The molecule has 0 radical (unpaired) electrons. The molecule has 0 aliphatic heterocycles. The number of hydrazone groups is 1. The Morgan fingerprint density at radius 1 is 1.00 bits per heavy atom. The normalized spacial score (nSPS) is 21.7. The number of nitrogens with one attached hydrogen (secondary N) is 1. The van der Waals surface area contributed by atoms with Crippen molar-refractivity contribution >= 4 is 22.9 Å². The van der Waals surface area contributed by atoms with E-state index < -0.39 is 0 Å². The number of pyridine rings is 1. The first-order valence-electron chi connectivity index (χ1n) is 11.0. The van der Waals surface area contributed by atoms with Gasteiger partial charge in [-0.2, -0.15) is 5.10 Å². The van der Waals surface area contributed by atoms with E-state index in [4.69, 9.17) is 0 Å². The maximum absolute atomic E-state index is 12.5. The molecule has 2 aromatic carbocycles. The zero-order valence-corrected chi connectivity index (χ0v) is 17.1. The molecule has 1 heterocycles. The van der Waals surface area contributed by atoms with Gasteiger partial charge < -0.3 is 0 Å². The Morgan fingerprint density at radius 3 is 2.63 bits per heavy atom. The Labute approximate surface area is 177 Å². The number of rotatable bonds is 5. The van der Waals surface area contributed by atoms with E-state index in [2.05, 4.69) is 39.8 Å². The van der Waals surface area contributed by atoms with Gasteiger partial charge in [0.05, 0.1) is 6.21 Å². The Morgan fingerprint density at radius 2 is 1.80 bits per heavy atom. The fourth-order valence-electron chi connectivity index (χ4n) is 4.81. The monoisotopic (exact) mass is 397 g/mol. The lowest BCUT2D eigenvalue weighted by Gasteiger charge is -2.22. The van der Waals surface area contributed by atoms with Crippen LogP contribution < -0.4 is 5.43 Å². The van der Waals surface area contributed by atoms with Crippen LogP contribution in [0.3, 0.4) is 0 Å². The van der Waals surface area contributed by atoms with Gasteiger partial charge in [-0.1, -0.05) is 61.7 Å². The van der Waals surface area contributed by atoms with E-state index in [9.17, 15) is 4.79 Å². The van der Waals surface area contributed by atoms with E-state index in [1.807, 2.05) is 30.5 Å². The first-order chi connectivity index (χ1) is 14.8. The van der Waals surface area contributed by atoms with Gasteiger partial charge in [-0.15, -0.1) is 0 Å². The van der Waals surface area contributed by atoms with Gasteiger partial charge in [0.15, 0.2) is 0 Å². The zero-order valence-electron chi connectivity index (χ0n) is 17.1. The second kappa shape index (κ2) is 8.39. The van der Waals surface area contributed by atoms with Gasteiger partial charge in [0.2, 0.25) is 5.91 Å². The molecule has 2 unspecified atom stereocenters. The Hall–Kier alpha value is -3.01. The molecule has 0 saturated heterocycles. The van der Waals surface area contributed by atoms with E-state index in [1.54, 1.807) is 12.4 Å². The number of hydrogen-bond acceptors (Lipinski definition) is 3. The molecule has 0 spiro atoms. The van der Waals surface area contributed by atoms with Crippen LogP contribution in [-0.2, 0) is 4.79 Å². The summed E-state index contributed by atoms with van der Waals surface area (Å²) in [5, 5.41) is 6.35. The first kappa shape index (κ1) is 19.0. The van der Waals surface area contributed by atoms with E-state index >= 15 is 0 Å². The van der Waals surface area contributed by atoms with Crippen molar-refractivity contribution in [2.45, 2.75) is 50.4 Å². The van der Waals surface area contributed by atoms with Crippen molar-refractivity contribution in [3.8, 4) is 0 Å². The van der Waals surface area contributed by atoms with Crippen LogP contribution in [0.2, 0.25) is 0 Å². The average molecular weight is 398 g/mol. The summed E-state index contributed by atoms with van der Waals surface area (Å²) in [4.78, 5) is 16.7. The molecule has 2 aliphatic carbocycles. The largest absolute Gasteiger partial charge is 0.273 e. The molecule has 2 atom stereocenters. The summed E-state index contributed by atoms with van der Waals surface area (Å²) in [5.74, 6) is 1.09. The molecule has 2 fully saturated rings. The van der Waals surface area contributed by atoms with Crippen molar-refractivity contribution in [1.82, 2.24) is 10.4 Å². The molecule has 5 rings (SSSR count). The predicted octanol–water partition coefficient (Wildman–Crippen LogP) is 5.54. The van der Waals surface area contributed by atoms with Crippen LogP contribution in [0.4, 0.5) is 0 Å². The molecule has 2 aliphatic rings. The summed E-state index contributed by atoms with van der Waals surface area (Å²) in [6.07, 6.45) is 13.0. The fraction of sp³-hybridized carbons (Fsp3) is 0.346. The van der Waals surface area contributed by atoms with Crippen LogP contribution >= 0.6 is 0 Å². The Balaban J connectivity index is 1.18. The third-order valence-electron chi connectivity index (χ3n) is 6.66. The van der Waals surface area contributed by atoms with Crippen LogP contribution in [-0.4, -0.2) is 17.1 Å². The third-order valence-corrected chi connectivity index (χ3v) is 6.66. The van der Waals surface area contributed by atoms with Crippen molar-refractivity contribution < 1.29 is 4.79 Å². The van der Waals surface area contributed by atoms with Gasteiger partial charge in [-0.3, -0.25) is 9.78 Å². The van der Waals surface area contributed by atoms with Crippen molar-refractivity contribution in [3.05, 3.63) is 77.6 Å². The molecular weight excluding hydrogens is 370 g/mol. The van der Waals surface area contributed by atoms with Crippen LogP contribution in [0.15, 0.2) is 66.0 Å². The molecule has 1 amide bonds. The number of benzene rings is 2. The SMILES string of the molecule is O=C(N/N=C\c1cccc2cnccc12)C1CC1c1ccc(C2CCCCC2)cc1. The third kappa shape index (κ3) is 4.00. The van der Waals surface area contributed by atoms with Crippen molar-refractivity contribution in [3.63, 3.8) is 0 Å². The minimum absolute atomic E-state index is 0.00881. The lowest BCUT2D eigenvalue weighted by molar-refractivity contribution is -0.122. The molecule has 152 valence electrons. The summed E-state index contributed by atoms with van der Waals surface area (Å²) in [6.45, 7) is 0. The highest BCUT2D eigenvalue weighted by atomic mass is 16.2. The van der Waals surface area contributed by atoms with Crippen molar-refractivity contribution in [2.75, 3.05) is 0 Å². The lowest BCUT2D eigenvalue weighted by atomic mass is 9.84. The van der Waals surface area contributed by atoms with Crippen LogP contribution in [0.1, 0.15) is 67.1 Å². The Kier molecular flexibility index (Phi) is 5.31. The predicted molar refractivity (Wildman–Crippen MR) is 121 cm³/mol. The van der Waals surface area contributed by atoms with Gasteiger partial charge in [0.25, 0.3) is 0 Å². The minimum atomic E-state index is 0.00881. The fourth-order valence-corrected chi connectivity index (χ4v) is 4.81. The maximum Gasteiger partial charge on any atom is 0.243 e. The number of aromatic nitrogens is 1. The summed E-state index contributed by atoms with van der Waals surface area (Å²) in [7, 11) is 0. The van der Waals surface area contributed by atoms with Crippen LogP contribution in [0.25, 0.3) is 10.8 Å². The molecule has 30 heavy (non-hydrogen) atoms.